The van der Waals surface area contributed by atoms with Gasteiger partial charge in [0.2, 0.25) is 11.8 Å². The van der Waals surface area contributed by atoms with Crippen LogP contribution in [0, 0.1) is 0 Å². The van der Waals surface area contributed by atoms with Crippen molar-refractivity contribution >= 4 is 58.3 Å². The highest BCUT2D eigenvalue weighted by Crippen LogP contribution is 2.34. The second-order valence-corrected chi connectivity index (χ2v) is 8.57. The Balaban J connectivity index is 1.40. The lowest BCUT2D eigenvalue weighted by Crippen LogP contribution is -2.37. The fraction of sp³-hybridized carbons (Fsp3) is 0.190. The van der Waals surface area contributed by atoms with Gasteiger partial charge in [-0.1, -0.05) is 41.4 Å². The van der Waals surface area contributed by atoms with Crippen LogP contribution in [-0.2, 0) is 16.1 Å². The maximum absolute atomic E-state index is 12.5. The Kier molecular flexibility index (Phi) is 6.32. The summed E-state index contributed by atoms with van der Waals surface area (Å²) in [4.78, 5) is 27.6. The molecule has 9 heteroatoms. The van der Waals surface area contributed by atoms with Crippen molar-refractivity contribution in [1.82, 2.24) is 9.78 Å². The average Bonchev–Trinajstić information content (AvgIpc) is 3.16. The molecular formula is C21H18Cl2N4O2S. The van der Waals surface area contributed by atoms with E-state index in [1.165, 1.54) is 11.8 Å². The van der Waals surface area contributed by atoms with Gasteiger partial charge in [-0.15, -0.1) is 11.8 Å². The molecule has 1 aliphatic rings. The average molecular weight is 461 g/mol. The summed E-state index contributed by atoms with van der Waals surface area (Å²) in [7, 11) is 0. The third-order valence-electron chi connectivity index (χ3n) is 4.69. The fourth-order valence-electron chi connectivity index (χ4n) is 3.19. The molecule has 6 nitrogen and oxygen atoms in total. The lowest BCUT2D eigenvalue weighted by atomic mass is 10.2. The van der Waals surface area contributed by atoms with Gasteiger partial charge in [-0.3, -0.25) is 9.59 Å². The summed E-state index contributed by atoms with van der Waals surface area (Å²) < 4.78 is 1.66. The quantitative estimate of drug-likeness (QED) is 0.578. The number of carbonyl (C=O) groups excluding carboxylic acids is 2. The minimum absolute atomic E-state index is 0.00826. The number of hydrogen-bond donors (Lipinski definition) is 1. The molecule has 154 valence electrons. The second-order valence-electron chi connectivity index (χ2n) is 6.71. The van der Waals surface area contributed by atoms with Crippen LogP contribution in [0.1, 0.15) is 12.0 Å². The van der Waals surface area contributed by atoms with E-state index in [-0.39, 0.29) is 18.2 Å². The largest absolute Gasteiger partial charge is 0.311 e. The molecular weight excluding hydrogens is 443 g/mol. The number of para-hydroxylation sites is 1. The Morgan fingerprint density at radius 1 is 1.17 bits per heavy atom. The van der Waals surface area contributed by atoms with Crippen LogP contribution in [0.15, 0.2) is 59.6 Å². The van der Waals surface area contributed by atoms with Gasteiger partial charge in [0.15, 0.2) is 0 Å². The number of thioether (sulfide) groups is 1. The molecule has 1 N–H and O–H groups in total. The first kappa shape index (κ1) is 20.8. The zero-order valence-corrected chi connectivity index (χ0v) is 18.2. The number of hydrogen-bond acceptors (Lipinski definition) is 4. The minimum Gasteiger partial charge on any atom is -0.311 e. The number of aromatic nitrogens is 2. The van der Waals surface area contributed by atoms with Crippen molar-refractivity contribution in [3.63, 3.8) is 0 Å². The lowest BCUT2D eigenvalue weighted by Gasteiger charge is -2.28. The summed E-state index contributed by atoms with van der Waals surface area (Å²) in [6, 6.07) is 14.7. The fourth-order valence-corrected chi connectivity index (χ4v) is 4.60. The van der Waals surface area contributed by atoms with Crippen molar-refractivity contribution in [2.24, 2.45) is 0 Å². The van der Waals surface area contributed by atoms with E-state index in [1.807, 2.05) is 30.3 Å². The molecule has 0 saturated carbocycles. The highest BCUT2D eigenvalue weighted by Gasteiger charge is 2.24. The maximum Gasteiger partial charge on any atom is 0.237 e. The minimum atomic E-state index is -0.192. The van der Waals surface area contributed by atoms with E-state index in [4.69, 9.17) is 23.2 Å². The van der Waals surface area contributed by atoms with Crippen LogP contribution >= 0.6 is 35.0 Å². The third kappa shape index (κ3) is 4.64. The summed E-state index contributed by atoms with van der Waals surface area (Å²) >= 11 is 13.7. The van der Waals surface area contributed by atoms with Gasteiger partial charge in [0.25, 0.3) is 0 Å². The van der Waals surface area contributed by atoms with Crippen molar-refractivity contribution in [3.8, 4) is 0 Å². The molecule has 3 aromatic rings. The second kappa shape index (κ2) is 9.12. The number of amides is 2. The molecule has 0 saturated heterocycles. The van der Waals surface area contributed by atoms with E-state index in [1.54, 1.807) is 34.0 Å². The molecule has 2 heterocycles. The van der Waals surface area contributed by atoms with Crippen molar-refractivity contribution in [2.75, 3.05) is 22.5 Å². The first-order valence-electron chi connectivity index (χ1n) is 9.29. The molecule has 0 unspecified atom stereocenters. The maximum atomic E-state index is 12.5. The van der Waals surface area contributed by atoms with E-state index in [2.05, 4.69) is 10.4 Å². The molecule has 0 atom stereocenters. The number of anilines is 2. The van der Waals surface area contributed by atoms with Gasteiger partial charge in [-0.25, -0.2) is 4.68 Å². The normalized spacial score (nSPS) is 13.3. The van der Waals surface area contributed by atoms with Crippen LogP contribution in [0.3, 0.4) is 0 Å². The van der Waals surface area contributed by atoms with Crippen LogP contribution < -0.4 is 10.2 Å². The summed E-state index contributed by atoms with van der Waals surface area (Å²) in [5, 5.41) is 8.23. The first-order valence-corrected chi connectivity index (χ1v) is 11.0. The zero-order valence-electron chi connectivity index (χ0n) is 15.8. The molecule has 0 aliphatic carbocycles. The third-order valence-corrected chi connectivity index (χ3v) is 6.32. The van der Waals surface area contributed by atoms with E-state index in [9.17, 15) is 9.59 Å². The SMILES string of the molecule is O=C(CCN1C(=O)CSc2ccccc21)Nc1ccnn1Cc1ccc(Cl)cc1Cl. The van der Waals surface area contributed by atoms with Crippen molar-refractivity contribution < 1.29 is 9.59 Å². The molecule has 1 aromatic heterocycles. The van der Waals surface area contributed by atoms with E-state index < -0.39 is 0 Å². The molecule has 30 heavy (non-hydrogen) atoms. The zero-order chi connectivity index (χ0) is 21.1. The Bertz CT molecular complexity index is 1100. The standard InChI is InChI=1S/C21H18Cl2N4O2S/c22-15-6-5-14(16(23)11-15)12-27-19(7-9-24-27)25-20(28)8-10-26-17-3-1-2-4-18(17)30-13-21(26)29/h1-7,9,11H,8,10,12-13H2,(H,25,28). The van der Waals surface area contributed by atoms with Gasteiger partial charge in [0.1, 0.15) is 5.82 Å². The topological polar surface area (TPSA) is 67.2 Å². The van der Waals surface area contributed by atoms with Crippen LogP contribution in [-0.4, -0.2) is 33.9 Å². The van der Waals surface area contributed by atoms with Gasteiger partial charge in [-0.05, 0) is 29.8 Å². The van der Waals surface area contributed by atoms with Crippen molar-refractivity contribution in [1.29, 1.82) is 0 Å². The van der Waals surface area contributed by atoms with Crippen LogP contribution in [0.5, 0.6) is 0 Å². The van der Waals surface area contributed by atoms with Crippen LogP contribution in [0.25, 0.3) is 0 Å². The van der Waals surface area contributed by atoms with E-state index >= 15 is 0 Å². The predicted octanol–water partition coefficient (Wildman–Crippen LogP) is 4.71. The highest BCUT2D eigenvalue weighted by molar-refractivity contribution is 8.00. The Morgan fingerprint density at radius 3 is 2.83 bits per heavy atom. The number of nitrogens with one attached hydrogen (secondary N) is 1. The summed E-state index contributed by atoms with van der Waals surface area (Å²) in [6.07, 6.45) is 1.79. The number of benzene rings is 2. The van der Waals surface area contributed by atoms with Gasteiger partial charge < -0.3 is 10.2 Å². The molecule has 1 aliphatic heterocycles. The molecule has 0 spiro atoms. The van der Waals surface area contributed by atoms with Gasteiger partial charge in [0.05, 0.1) is 24.2 Å². The van der Waals surface area contributed by atoms with Crippen LogP contribution in [0.2, 0.25) is 10.0 Å². The number of nitrogens with zero attached hydrogens (tertiary/aromatic N) is 3. The summed E-state index contributed by atoms with van der Waals surface area (Å²) in [5.74, 6) is 0.760. The molecule has 2 aromatic carbocycles. The number of fused-ring (bicyclic) bond motifs is 1. The lowest BCUT2D eigenvalue weighted by molar-refractivity contribution is -0.117. The van der Waals surface area contributed by atoms with Crippen LogP contribution in [0.4, 0.5) is 11.5 Å². The first-order chi connectivity index (χ1) is 14.5. The summed E-state index contributed by atoms with van der Waals surface area (Å²) in [5.41, 5.74) is 1.70. The van der Waals surface area contributed by atoms with E-state index in [0.29, 0.717) is 34.7 Å². The Hall–Kier alpha value is -2.48. The van der Waals surface area contributed by atoms with Gasteiger partial charge >= 0.3 is 0 Å². The number of halogens is 2. The van der Waals surface area contributed by atoms with Crippen molar-refractivity contribution in [3.05, 3.63) is 70.3 Å². The molecule has 0 fully saturated rings. The molecule has 2 amide bonds. The highest BCUT2D eigenvalue weighted by atomic mass is 35.5. The van der Waals surface area contributed by atoms with Crippen molar-refractivity contribution in [2.45, 2.75) is 17.9 Å². The Morgan fingerprint density at radius 2 is 2.00 bits per heavy atom. The number of carbonyl (C=O) groups is 2. The molecule has 0 radical (unpaired) electrons. The Labute approximate surface area is 188 Å². The van der Waals surface area contributed by atoms with Gasteiger partial charge in [0, 0.05) is 34.0 Å². The molecule has 0 bridgehead atoms. The monoisotopic (exact) mass is 460 g/mol. The smallest absolute Gasteiger partial charge is 0.237 e. The van der Waals surface area contributed by atoms with E-state index in [0.717, 1.165) is 16.1 Å². The molecule has 4 rings (SSSR count). The predicted molar refractivity (Wildman–Crippen MR) is 121 cm³/mol. The summed E-state index contributed by atoms with van der Waals surface area (Å²) in [6.45, 7) is 0.715. The number of rotatable bonds is 6. The van der Waals surface area contributed by atoms with Gasteiger partial charge in [-0.2, -0.15) is 5.10 Å².